The third-order valence-corrected chi connectivity index (χ3v) is 8.23. The predicted molar refractivity (Wildman–Crippen MR) is 144 cm³/mol. The summed E-state index contributed by atoms with van der Waals surface area (Å²) in [6.07, 6.45) is 7.73. The Kier molecular flexibility index (Phi) is 8.53. The molecule has 9 heteroatoms. The van der Waals surface area contributed by atoms with Gasteiger partial charge in [-0.25, -0.2) is 9.78 Å². The van der Waals surface area contributed by atoms with Crippen LogP contribution in [0.2, 0.25) is 0 Å². The maximum atomic E-state index is 12.1. The number of carbonyl (C=O) groups is 2. The molecule has 1 unspecified atom stereocenters. The summed E-state index contributed by atoms with van der Waals surface area (Å²) < 4.78 is 12.9. The van der Waals surface area contributed by atoms with Gasteiger partial charge in [0.15, 0.2) is 11.5 Å². The molecule has 37 heavy (non-hydrogen) atoms. The van der Waals surface area contributed by atoms with Gasteiger partial charge in [-0.05, 0) is 49.9 Å². The monoisotopic (exact) mass is 525 g/mol. The summed E-state index contributed by atoms with van der Waals surface area (Å²) in [7, 11) is 3.19. The number of hydrogen-bond donors (Lipinski definition) is 2. The maximum Gasteiger partial charge on any atom is 0.337 e. The predicted octanol–water partition coefficient (Wildman–Crippen LogP) is 6.08. The Balaban J connectivity index is 1.75. The topological polar surface area (TPSA) is 117 Å². The molecule has 3 N–H and O–H groups in total. The molecule has 0 aliphatic heterocycles. The first kappa shape index (κ1) is 26.7. The van der Waals surface area contributed by atoms with Crippen molar-refractivity contribution in [2.45, 2.75) is 64.3 Å². The summed E-state index contributed by atoms with van der Waals surface area (Å²) in [5.74, 6) is 0.483. The third-order valence-electron chi connectivity index (χ3n) is 7.34. The van der Waals surface area contributed by atoms with Crippen molar-refractivity contribution in [1.82, 2.24) is 9.55 Å². The second-order valence-electron chi connectivity index (χ2n) is 9.71. The summed E-state index contributed by atoms with van der Waals surface area (Å²) in [4.78, 5) is 28.7. The standard InChI is InChI=1S/C28H35N3O5S/c1-17-21(28(33)34)15-23(31(17)20(10-12-26(29)32)13-18-7-5-4-6-8-18)22-16-37-27(30-22)19-9-11-24(35-2)25(14-19)36-3/h9,11,14-16,18,20H,4-8,10,12-13H2,1-3H3,(H2,29,32)(H,33,34). The zero-order chi connectivity index (χ0) is 26.5. The molecule has 1 fully saturated rings. The number of aromatic nitrogens is 2. The second kappa shape index (κ2) is 11.8. The molecule has 2 heterocycles. The van der Waals surface area contributed by atoms with Crippen LogP contribution in [0.1, 0.15) is 73.5 Å². The third kappa shape index (κ3) is 5.98. The average Bonchev–Trinajstić information content (AvgIpc) is 3.51. The Morgan fingerprint density at radius 2 is 1.89 bits per heavy atom. The van der Waals surface area contributed by atoms with Crippen LogP contribution in [-0.4, -0.2) is 40.8 Å². The number of aromatic carboxylic acids is 1. The minimum atomic E-state index is -0.973. The number of ether oxygens (including phenoxy) is 2. The number of carbonyl (C=O) groups excluding carboxylic acids is 1. The van der Waals surface area contributed by atoms with E-state index in [9.17, 15) is 14.7 Å². The van der Waals surface area contributed by atoms with Gasteiger partial charge in [0.05, 0.1) is 31.2 Å². The number of nitrogens with two attached hydrogens (primary N) is 1. The van der Waals surface area contributed by atoms with Gasteiger partial charge in [-0.15, -0.1) is 11.3 Å². The number of carboxylic acids is 1. The Morgan fingerprint density at radius 1 is 1.16 bits per heavy atom. The van der Waals surface area contributed by atoms with Crippen molar-refractivity contribution >= 4 is 23.2 Å². The SMILES string of the molecule is COc1ccc(-c2nc(-c3cc(C(=O)O)c(C)n3C(CCC(N)=O)CC3CCCCC3)cs2)cc1OC. The molecule has 0 bridgehead atoms. The van der Waals surface area contributed by atoms with E-state index in [4.69, 9.17) is 20.2 Å². The largest absolute Gasteiger partial charge is 0.493 e. The molecule has 1 saturated carbocycles. The second-order valence-corrected chi connectivity index (χ2v) is 10.6. The number of hydrogen-bond acceptors (Lipinski definition) is 6. The zero-order valence-corrected chi connectivity index (χ0v) is 22.5. The van der Waals surface area contributed by atoms with Crippen LogP contribution in [-0.2, 0) is 4.79 Å². The van der Waals surface area contributed by atoms with Crippen LogP contribution >= 0.6 is 11.3 Å². The van der Waals surface area contributed by atoms with E-state index in [1.807, 2.05) is 30.5 Å². The molecule has 198 valence electrons. The van der Waals surface area contributed by atoms with Crippen LogP contribution in [0.4, 0.5) is 0 Å². The number of rotatable bonds is 11. The highest BCUT2D eigenvalue weighted by atomic mass is 32.1. The van der Waals surface area contributed by atoms with Gasteiger partial charge in [0.2, 0.25) is 5.91 Å². The van der Waals surface area contributed by atoms with Crippen LogP contribution in [0.5, 0.6) is 11.5 Å². The minimum Gasteiger partial charge on any atom is -0.493 e. The molecule has 8 nitrogen and oxygen atoms in total. The van der Waals surface area contributed by atoms with Crippen molar-refractivity contribution in [1.29, 1.82) is 0 Å². The fourth-order valence-corrected chi connectivity index (χ4v) is 6.28. The first-order valence-corrected chi connectivity index (χ1v) is 13.6. The molecule has 0 saturated heterocycles. The Hall–Kier alpha value is -3.33. The van der Waals surface area contributed by atoms with Crippen LogP contribution in [0.15, 0.2) is 29.6 Å². The molecule has 1 amide bonds. The average molecular weight is 526 g/mol. The number of benzene rings is 1. The molecule has 1 aliphatic rings. The van der Waals surface area contributed by atoms with Crippen molar-refractivity contribution in [3.8, 4) is 33.5 Å². The van der Waals surface area contributed by atoms with Crippen molar-refractivity contribution in [2.75, 3.05) is 14.2 Å². The molecule has 1 atom stereocenters. The molecule has 3 aromatic rings. The van der Waals surface area contributed by atoms with Crippen LogP contribution in [0.25, 0.3) is 22.0 Å². The smallest absolute Gasteiger partial charge is 0.337 e. The first-order chi connectivity index (χ1) is 17.8. The lowest BCUT2D eigenvalue weighted by Gasteiger charge is -2.29. The summed E-state index contributed by atoms with van der Waals surface area (Å²) in [5.41, 5.74) is 8.80. The number of nitrogens with zero attached hydrogens (tertiary/aromatic N) is 2. The maximum absolute atomic E-state index is 12.1. The van der Waals surface area contributed by atoms with Crippen molar-refractivity contribution < 1.29 is 24.2 Å². The van der Waals surface area contributed by atoms with Crippen molar-refractivity contribution in [2.24, 2.45) is 11.7 Å². The molecule has 0 radical (unpaired) electrons. The van der Waals surface area contributed by atoms with E-state index in [2.05, 4.69) is 4.57 Å². The molecule has 2 aromatic heterocycles. The fourth-order valence-electron chi connectivity index (χ4n) is 5.47. The van der Waals surface area contributed by atoms with Gasteiger partial charge < -0.3 is 24.9 Å². The van der Waals surface area contributed by atoms with Crippen molar-refractivity contribution in [3.63, 3.8) is 0 Å². The number of methoxy groups -OCH3 is 2. The van der Waals surface area contributed by atoms with E-state index in [0.717, 1.165) is 35.5 Å². The van der Waals surface area contributed by atoms with E-state index in [0.29, 0.717) is 35.2 Å². The summed E-state index contributed by atoms with van der Waals surface area (Å²) >= 11 is 1.49. The lowest BCUT2D eigenvalue weighted by molar-refractivity contribution is -0.118. The first-order valence-electron chi connectivity index (χ1n) is 12.7. The quantitative estimate of drug-likeness (QED) is 0.313. The molecular formula is C28H35N3O5S. The van der Waals surface area contributed by atoms with E-state index in [1.165, 1.54) is 30.6 Å². The van der Waals surface area contributed by atoms with Gasteiger partial charge in [-0.3, -0.25) is 4.79 Å². The summed E-state index contributed by atoms with van der Waals surface area (Å²) in [5, 5.41) is 12.7. The Morgan fingerprint density at radius 3 is 2.54 bits per heavy atom. The number of primary amides is 1. The molecular weight excluding hydrogens is 490 g/mol. The van der Waals surface area contributed by atoms with Gasteiger partial charge in [0.1, 0.15) is 5.01 Å². The Bertz CT molecular complexity index is 1260. The van der Waals surface area contributed by atoms with E-state index in [1.54, 1.807) is 20.3 Å². The van der Waals surface area contributed by atoms with E-state index >= 15 is 0 Å². The van der Waals surface area contributed by atoms with Crippen molar-refractivity contribution in [3.05, 3.63) is 40.9 Å². The molecule has 4 rings (SSSR count). The zero-order valence-electron chi connectivity index (χ0n) is 21.7. The van der Waals surface area contributed by atoms with Gasteiger partial charge in [-0.1, -0.05) is 32.1 Å². The number of amides is 1. The number of thiazole rings is 1. The molecule has 0 spiro atoms. The van der Waals surface area contributed by atoms with Crippen LogP contribution in [0, 0.1) is 12.8 Å². The van der Waals surface area contributed by atoms with Gasteiger partial charge in [-0.2, -0.15) is 0 Å². The highest BCUT2D eigenvalue weighted by molar-refractivity contribution is 7.13. The van der Waals surface area contributed by atoms with Gasteiger partial charge in [0.25, 0.3) is 0 Å². The van der Waals surface area contributed by atoms with E-state index < -0.39 is 5.97 Å². The summed E-state index contributed by atoms with van der Waals surface area (Å²) in [6.45, 7) is 1.84. The highest BCUT2D eigenvalue weighted by Gasteiger charge is 2.28. The Labute approximate surface area is 221 Å². The lowest BCUT2D eigenvalue weighted by Crippen LogP contribution is -2.21. The molecule has 1 aromatic carbocycles. The van der Waals surface area contributed by atoms with Gasteiger partial charge in [0, 0.05) is 29.1 Å². The fraction of sp³-hybridized carbons (Fsp3) is 0.464. The van der Waals surface area contributed by atoms with Crippen LogP contribution in [0.3, 0.4) is 0 Å². The highest BCUT2D eigenvalue weighted by Crippen LogP contribution is 2.40. The minimum absolute atomic E-state index is 0.0371. The van der Waals surface area contributed by atoms with Crippen LogP contribution < -0.4 is 15.2 Å². The van der Waals surface area contributed by atoms with E-state index in [-0.39, 0.29) is 23.9 Å². The summed E-state index contributed by atoms with van der Waals surface area (Å²) in [6, 6.07) is 7.32. The normalized spacial score (nSPS) is 14.9. The van der Waals surface area contributed by atoms with Gasteiger partial charge >= 0.3 is 5.97 Å². The lowest BCUT2D eigenvalue weighted by atomic mass is 9.83. The molecule has 1 aliphatic carbocycles. The number of carboxylic acid groups (broad SMARTS) is 1.